The van der Waals surface area contributed by atoms with Crippen molar-refractivity contribution < 1.29 is 57.7 Å². The largest absolute Gasteiger partial charge is 0.393 e. The Morgan fingerprint density at radius 2 is 0.765 bits per heavy atom. The Labute approximate surface area is 685 Å². The van der Waals surface area contributed by atoms with Gasteiger partial charge >= 0.3 is 0 Å². The highest BCUT2D eigenvalue weighted by atomic mass is 16.3. The minimum Gasteiger partial charge on any atom is -0.393 e. The molecule has 15 unspecified atom stereocenters. The fourth-order valence-electron chi connectivity index (χ4n) is 12.6. The Hall–Kier alpha value is -9.45. The van der Waals surface area contributed by atoms with Crippen molar-refractivity contribution in [2.45, 2.75) is 323 Å². The summed E-state index contributed by atoms with van der Waals surface area (Å²) in [5.41, 5.74) is 26.6. The van der Waals surface area contributed by atoms with Crippen molar-refractivity contribution in [1.29, 1.82) is 0 Å². The van der Waals surface area contributed by atoms with Crippen molar-refractivity contribution in [1.82, 2.24) is 49.8 Å². The molecule has 5 amide bonds. The third-order valence-corrected chi connectivity index (χ3v) is 19.2. The van der Waals surface area contributed by atoms with Crippen LogP contribution in [-0.4, -0.2) is 193 Å². The van der Waals surface area contributed by atoms with Gasteiger partial charge in [-0.1, -0.05) is 34.6 Å². The fourth-order valence-corrected chi connectivity index (χ4v) is 12.6. The van der Waals surface area contributed by atoms with E-state index in [1.54, 1.807) is 6.92 Å². The summed E-state index contributed by atoms with van der Waals surface area (Å²) in [5.74, 6) is -1.09. The second-order valence-electron chi connectivity index (χ2n) is 36.0. The Morgan fingerprint density at radius 3 is 1.15 bits per heavy atom. The lowest BCUT2D eigenvalue weighted by atomic mass is 9.85. The maximum atomic E-state index is 11.7. The number of H-pyrrole nitrogens is 1. The number of hydrogen-bond donors (Lipinski definition) is 20. The summed E-state index contributed by atoms with van der Waals surface area (Å²) in [6.45, 7) is 38.9. The van der Waals surface area contributed by atoms with E-state index < -0.39 is 84.4 Å². The van der Waals surface area contributed by atoms with Crippen LogP contribution in [0.5, 0.6) is 0 Å². The van der Waals surface area contributed by atoms with Gasteiger partial charge < -0.3 is 107 Å². The van der Waals surface area contributed by atoms with E-state index in [1.165, 1.54) is 24.8 Å². The standard InChI is InChI=1S/5C16H27N5O2/c5*1-9-5-6-10(7-12(9)22)19-14-11(13(17)23)8-18-15(20-14)21-16(2,3)4/h5*8-10,12,22H,5-7H2,1-4H3,(H2,17,23)(H2,18,19,20,21)/i12D;10D;9D;8D;7D2. The third kappa shape index (κ3) is 31.9. The first-order valence-corrected chi connectivity index (χ1v) is 39.5. The summed E-state index contributed by atoms with van der Waals surface area (Å²) < 4.78 is 49.1. The molecule has 25 N–H and O–H groups in total. The topological polar surface area (TPSA) is 569 Å². The lowest BCUT2D eigenvalue weighted by Gasteiger charge is -2.32. The van der Waals surface area contributed by atoms with Gasteiger partial charge in [-0.05, 0) is 230 Å². The van der Waals surface area contributed by atoms with Crippen LogP contribution in [0.2, 0.25) is 0 Å². The molecule has 5 heterocycles. The van der Waals surface area contributed by atoms with Crippen LogP contribution in [0.3, 0.4) is 0 Å². The van der Waals surface area contributed by atoms with Crippen molar-refractivity contribution in [3.05, 3.63) is 64.3 Å². The van der Waals surface area contributed by atoms with Crippen molar-refractivity contribution in [3.8, 4) is 0 Å². The number of aromatic amines is 1. The summed E-state index contributed by atoms with van der Waals surface area (Å²) in [4.78, 5) is 104. The molecule has 5 aromatic heterocycles. The normalized spacial score (nSPS) is 28.3. The molecule has 115 heavy (non-hydrogen) atoms. The van der Waals surface area contributed by atoms with Gasteiger partial charge in [0.15, 0.2) is 0 Å². The van der Waals surface area contributed by atoms with Crippen LogP contribution >= 0.6 is 0 Å². The number of carbonyl (C=O) groups is 5. The maximum Gasteiger partial charge on any atom is 0.254 e. The first-order chi connectivity index (χ1) is 55.4. The van der Waals surface area contributed by atoms with Gasteiger partial charge in [-0.3, -0.25) is 29.0 Å². The molecule has 0 aromatic carbocycles. The predicted octanol–water partition coefficient (Wildman–Crippen LogP) is 8.16. The van der Waals surface area contributed by atoms with E-state index in [0.717, 1.165) is 32.1 Å². The molecule has 0 spiro atoms. The van der Waals surface area contributed by atoms with Gasteiger partial charge in [0.25, 0.3) is 29.5 Å². The van der Waals surface area contributed by atoms with Crippen LogP contribution in [0.25, 0.3) is 0 Å². The smallest absolute Gasteiger partial charge is 0.254 e. The fraction of sp³-hybridized carbons (Fsp3) is 0.688. The Balaban J connectivity index is 0.000000234. The average Bonchev–Trinajstić information content (AvgIpc) is 0.786. The van der Waals surface area contributed by atoms with E-state index in [9.17, 15) is 49.5 Å². The predicted molar refractivity (Wildman–Crippen MR) is 450 cm³/mol. The van der Waals surface area contributed by atoms with E-state index in [1.807, 2.05) is 132 Å². The lowest BCUT2D eigenvalue weighted by molar-refractivity contribution is 0.0703. The number of amides is 5. The highest BCUT2D eigenvalue weighted by molar-refractivity contribution is 5.99. The first-order valence-electron chi connectivity index (χ1n) is 42.5. The van der Waals surface area contributed by atoms with E-state index in [4.69, 9.17) is 36.9 Å². The number of primary amides is 5. The van der Waals surface area contributed by atoms with Gasteiger partial charge in [0.05, 0.1) is 68.5 Å². The molecular weight excluding hydrogens is 1470 g/mol. The van der Waals surface area contributed by atoms with E-state index >= 15 is 0 Å². The van der Waals surface area contributed by atoms with Gasteiger partial charge in [0.2, 0.25) is 29.7 Å². The van der Waals surface area contributed by atoms with Crippen molar-refractivity contribution in [2.75, 3.05) is 47.9 Å². The zero-order valence-electron chi connectivity index (χ0n) is 76.8. The summed E-state index contributed by atoms with van der Waals surface area (Å²) >= 11 is 0. The number of nitrogens with two attached hydrogens (primary N) is 5. The monoisotopic (exact) mass is 1610 g/mol. The molecule has 5 aliphatic carbocycles. The van der Waals surface area contributed by atoms with E-state index in [0.29, 0.717) is 86.3 Å². The van der Waals surface area contributed by atoms with Gasteiger partial charge in [0.1, 0.15) is 28.8 Å². The molecule has 10 rings (SSSR count). The number of carbonyl (C=O) groups excluding carboxylic acids is 5. The second kappa shape index (κ2) is 40.9. The molecule has 15 atom stereocenters. The molecule has 0 bridgehead atoms. The van der Waals surface area contributed by atoms with Crippen molar-refractivity contribution in [2.24, 2.45) is 63.2 Å². The Bertz CT molecular complexity index is 4460. The first kappa shape index (κ1) is 84.9. The Morgan fingerprint density at radius 1 is 0.417 bits per heavy atom. The quantitative estimate of drug-likeness (QED) is 0.0370. The molecule has 0 aliphatic heterocycles. The zero-order chi connectivity index (χ0) is 91.4. The molecule has 0 saturated heterocycles. The van der Waals surface area contributed by atoms with Crippen LogP contribution in [0, 0.1) is 29.6 Å². The van der Waals surface area contributed by atoms with Crippen LogP contribution in [0.4, 0.5) is 53.0 Å². The number of aliphatic hydroxyl groups excluding tert-OH is 4. The maximum absolute atomic E-state index is 11.7. The van der Waals surface area contributed by atoms with Crippen LogP contribution < -0.4 is 82.0 Å². The van der Waals surface area contributed by atoms with Gasteiger partial charge in [-0.15, -0.1) is 0 Å². The summed E-state index contributed by atoms with van der Waals surface area (Å²) in [7, 11) is 0. The van der Waals surface area contributed by atoms with Crippen LogP contribution in [-0.2, 0) is 0 Å². The van der Waals surface area contributed by atoms with Gasteiger partial charge in [0, 0.05) is 86.9 Å². The molecule has 5 aromatic rings. The molecule has 5 fully saturated rings. The van der Waals surface area contributed by atoms with Gasteiger partial charge in [-0.25, -0.2) is 24.9 Å². The minimum absolute atomic E-state index is 0.0254. The lowest BCUT2D eigenvalue weighted by Crippen LogP contribution is -2.36. The summed E-state index contributed by atoms with van der Waals surface area (Å²) in [6, 6.07) is -2.12. The molecule has 5 aliphatic rings. The Kier molecular flexibility index (Phi) is 30.2. The van der Waals surface area contributed by atoms with Gasteiger partial charge in [-0.2, -0.15) is 19.9 Å². The number of rotatable bonds is 19. The molecule has 35 heteroatoms. The highest BCUT2D eigenvalue weighted by Crippen LogP contribution is 2.33. The number of hydrogen-bond acceptors (Lipinski definition) is 29. The molecule has 0 radical (unpaired) electrons. The molecule has 640 valence electrons. The van der Waals surface area contributed by atoms with E-state index in [-0.39, 0.29) is 133 Å². The summed E-state index contributed by atoms with van der Waals surface area (Å²) in [5, 5.41) is 78.6. The SMILES string of the molecule is [2H]C1(C)CCC(Nc2nc(NC(C)(C)C)ncc2C(N)=O)CC1O.[2H]C1(Nc2nc(NC(C)(C)C)ncc2C(N)=O)CCC(C)C(O)C1.[2H]C1(O)CC(Nc2nc(NC(C)(C)C)ncc2C(N)=O)CCC1C.[2H]C1([2H])C(Nc2nc(NC(C)(C)C)ncc2C(N)=O)CCC(C)C1O.[2H]c1nc(NC(C)(C)C)[nH]c(=NC2CCC(C)C(O)C2)c1C(N)=O. The minimum atomic E-state index is -1.85. The number of nitrogens with one attached hydrogen (secondary N) is 10. The average molecular weight is 1610 g/mol. The highest BCUT2D eigenvalue weighted by Gasteiger charge is 2.34. The zero-order valence-corrected chi connectivity index (χ0v) is 70.8. The van der Waals surface area contributed by atoms with Crippen molar-refractivity contribution >= 4 is 82.5 Å². The van der Waals surface area contributed by atoms with Crippen LogP contribution in [0.1, 0.15) is 295 Å². The number of nitrogens with zero attached hydrogens (tertiary/aromatic N) is 10. The van der Waals surface area contributed by atoms with Crippen LogP contribution in [0.15, 0.2) is 36.0 Å². The summed E-state index contributed by atoms with van der Waals surface area (Å²) in [6.07, 6.45) is 7.54. The van der Waals surface area contributed by atoms with E-state index in [2.05, 4.69) is 103 Å². The third-order valence-electron chi connectivity index (χ3n) is 19.2. The van der Waals surface area contributed by atoms with Crippen molar-refractivity contribution in [3.63, 3.8) is 0 Å². The molecule has 35 nitrogen and oxygen atoms in total. The second-order valence-corrected chi connectivity index (χ2v) is 36.0. The molecular formula is C80H135N25O10. The number of aromatic nitrogens is 10. The molecule has 5 saturated carbocycles. The number of anilines is 9. The number of aliphatic hydroxyl groups is 5.